The van der Waals surface area contributed by atoms with Crippen LogP contribution >= 0.6 is 0 Å². The van der Waals surface area contributed by atoms with Crippen LogP contribution in [0, 0.1) is 6.92 Å². The minimum Gasteiger partial charge on any atom is -0.493 e. The van der Waals surface area contributed by atoms with Gasteiger partial charge in [0.15, 0.2) is 0 Å². The molecule has 0 aliphatic rings. The molecular weight excluding hydrogens is 214 g/mol. The molecule has 2 aromatic heterocycles. The molecule has 0 saturated carbocycles. The zero-order valence-corrected chi connectivity index (χ0v) is 9.31. The number of nitrogens with one attached hydrogen (secondary N) is 1. The molecule has 0 fully saturated rings. The first kappa shape index (κ1) is 9.84. The molecule has 3 rings (SSSR count). The number of H-pyrrole nitrogens is 1. The predicted octanol–water partition coefficient (Wildman–Crippen LogP) is 2.64. The fraction of sp³-hybridized carbons (Fsp3) is 0.0769. The zero-order chi connectivity index (χ0) is 11.8. The summed E-state index contributed by atoms with van der Waals surface area (Å²) < 4.78 is 0. The summed E-state index contributed by atoms with van der Waals surface area (Å²) in [5.41, 5.74) is 3.96. The van der Waals surface area contributed by atoms with E-state index in [1.165, 1.54) is 11.9 Å². The largest absolute Gasteiger partial charge is 0.493 e. The second kappa shape index (κ2) is 3.59. The second-order valence-electron chi connectivity index (χ2n) is 4.01. The van der Waals surface area contributed by atoms with Crippen LogP contribution in [0.2, 0.25) is 0 Å². The normalized spacial score (nSPS) is 10.9. The van der Waals surface area contributed by atoms with Crippen molar-refractivity contribution in [3.63, 3.8) is 0 Å². The van der Waals surface area contributed by atoms with Crippen molar-refractivity contribution < 1.29 is 5.11 Å². The molecule has 0 aliphatic heterocycles. The number of rotatable bonds is 1. The van der Waals surface area contributed by atoms with Crippen LogP contribution in [0.15, 0.2) is 36.8 Å². The van der Waals surface area contributed by atoms with Gasteiger partial charge in [-0.05, 0) is 18.6 Å². The van der Waals surface area contributed by atoms with Crippen molar-refractivity contribution in [3.05, 3.63) is 42.4 Å². The number of aryl methyl sites for hydroxylation is 1. The van der Waals surface area contributed by atoms with Gasteiger partial charge in [0.1, 0.15) is 6.33 Å². The van der Waals surface area contributed by atoms with Crippen molar-refractivity contribution in [2.45, 2.75) is 6.92 Å². The molecule has 0 unspecified atom stereocenters. The van der Waals surface area contributed by atoms with Gasteiger partial charge in [0.25, 0.3) is 0 Å². The lowest BCUT2D eigenvalue weighted by Crippen LogP contribution is -1.83. The SMILES string of the molecule is Cc1ccc2c(-c3cc(O)ncn3)c[nH]c2c1. The molecule has 0 radical (unpaired) electrons. The van der Waals surface area contributed by atoms with Crippen LogP contribution in [-0.2, 0) is 0 Å². The highest BCUT2D eigenvalue weighted by molar-refractivity contribution is 5.94. The van der Waals surface area contributed by atoms with E-state index in [1.54, 1.807) is 6.07 Å². The average Bonchev–Trinajstić information content (AvgIpc) is 2.71. The molecule has 2 N–H and O–H groups in total. The third-order valence-electron chi connectivity index (χ3n) is 2.77. The molecule has 0 bridgehead atoms. The van der Waals surface area contributed by atoms with Gasteiger partial charge in [0.05, 0.1) is 5.69 Å². The van der Waals surface area contributed by atoms with Crippen molar-refractivity contribution in [3.8, 4) is 17.1 Å². The summed E-state index contributed by atoms with van der Waals surface area (Å²) in [6.07, 6.45) is 3.25. The summed E-state index contributed by atoms with van der Waals surface area (Å²) >= 11 is 0. The summed E-state index contributed by atoms with van der Waals surface area (Å²) in [5.74, 6) is -0.0172. The Morgan fingerprint density at radius 3 is 2.88 bits per heavy atom. The molecule has 0 aliphatic carbocycles. The van der Waals surface area contributed by atoms with E-state index in [1.807, 2.05) is 6.20 Å². The standard InChI is InChI=1S/C13H11N3O/c1-8-2-3-9-10(6-14-11(9)4-8)12-5-13(17)16-7-15-12/h2-7,14H,1H3,(H,15,16,17). The Morgan fingerprint density at radius 2 is 2.06 bits per heavy atom. The molecule has 17 heavy (non-hydrogen) atoms. The van der Waals surface area contributed by atoms with Crippen molar-refractivity contribution in [1.82, 2.24) is 15.0 Å². The summed E-state index contributed by atoms with van der Waals surface area (Å²) in [6.45, 7) is 2.05. The second-order valence-corrected chi connectivity index (χ2v) is 4.01. The summed E-state index contributed by atoms with van der Waals surface area (Å²) in [6, 6.07) is 7.75. The van der Waals surface area contributed by atoms with E-state index in [-0.39, 0.29) is 5.88 Å². The van der Waals surface area contributed by atoms with Crippen LogP contribution in [0.4, 0.5) is 0 Å². The fourth-order valence-corrected chi connectivity index (χ4v) is 1.95. The first-order chi connectivity index (χ1) is 8.24. The van der Waals surface area contributed by atoms with E-state index >= 15 is 0 Å². The molecule has 4 nitrogen and oxygen atoms in total. The summed E-state index contributed by atoms with van der Waals surface area (Å²) in [4.78, 5) is 11.0. The Bertz CT molecular complexity index is 688. The monoisotopic (exact) mass is 225 g/mol. The number of fused-ring (bicyclic) bond motifs is 1. The maximum Gasteiger partial charge on any atom is 0.214 e. The molecule has 3 aromatic rings. The minimum atomic E-state index is -0.0172. The van der Waals surface area contributed by atoms with Crippen LogP contribution in [0.3, 0.4) is 0 Å². The van der Waals surface area contributed by atoms with Gasteiger partial charge < -0.3 is 10.1 Å². The van der Waals surface area contributed by atoms with Crippen molar-refractivity contribution >= 4 is 10.9 Å². The first-order valence-corrected chi connectivity index (χ1v) is 5.33. The maximum absolute atomic E-state index is 9.37. The molecule has 2 heterocycles. The Kier molecular flexibility index (Phi) is 2.08. The smallest absolute Gasteiger partial charge is 0.214 e. The topological polar surface area (TPSA) is 61.8 Å². The van der Waals surface area contributed by atoms with Crippen LogP contribution in [0.1, 0.15) is 5.56 Å². The molecule has 4 heteroatoms. The number of benzene rings is 1. The van der Waals surface area contributed by atoms with E-state index in [2.05, 4.69) is 40.1 Å². The van der Waals surface area contributed by atoms with Crippen LogP contribution in [0.25, 0.3) is 22.2 Å². The third kappa shape index (κ3) is 1.63. The minimum absolute atomic E-state index is 0.0172. The Labute approximate surface area is 98.0 Å². The zero-order valence-electron chi connectivity index (χ0n) is 9.31. The van der Waals surface area contributed by atoms with E-state index in [4.69, 9.17) is 0 Å². The van der Waals surface area contributed by atoms with Crippen LogP contribution in [0.5, 0.6) is 5.88 Å². The van der Waals surface area contributed by atoms with Crippen molar-refractivity contribution in [2.24, 2.45) is 0 Å². The highest BCUT2D eigenvalue weighted by Crippen LogP contribution is 2.28. The van der Waals surface area contributed by atoms with E-state index in [9.17, 15) is 5.11 Å². The van der Waals surface area contributed by atoms with Gasteiger partial charge in [-0.25, -0.2) is 9.97 Å². The van der Waals surface area contributed by atoms with Gasteiger partial charge in [-0.15, -0.1) is 0 Å². The van der Waals surface area contributed by atoms with Crippen molar-refractivity contribution in [1.29, 1.82) is 0 Å². The molecule has 84 valence electrons. The Morgan fingerprint density at radius 1 is 1.18 bits per heavy atom. The number of hydrogen-bond acceptors (Lipinski definition) is 3. The Hall–Kier alpha value is -2.36. The van der Waals surface area contributed by atoms with Crippen molar-refractivity contribution in [2.75, 3.05) is 0 Å². The van der Waals surface area contributed by atoms with Crippen LogP contribution < -0.4 is 0 Å². The molecule has 1 aromatic carbocycles. The Balaban J connectivity index is 2.24. The summed E-state index contributed by atoms with van der Waals surface area (Å²) in [7, 11) is 0. The van der Waals surface area contributed by atoms with E-state index in [0.717, 1.165) is 16.5 Å². The van der Waals surface area contributed by atoms with E-state index < -0.39 is 0 Å². The quantitative estimate of drug-likeness (QED) is 0.669. The molecule has 0 spiro atoms. The van der Waals surface area contributed by atoms with Gasteiger partial charge in [-0.3, -0.25) is 0 Å². The molecule has 0 amide bonds. The maximum atomic E-state index is 9.37. The summed E-state index contributed by atoms with van der Waals surface area (Å²) in [5, 5.41) is 10.5. The lowest BCUT2D eigenvalue weighted by Gasteiger charge is -1.99. The number of hydrogen-bond donors (Lipinski definition) is 2. The van der Waals surface area contributed by atoms with Gasteiger partial charge in [0.2, 0.25) is 5.88 Å². The highest BCUT2D eigenvalue weighted by Gasteiger charge is 2.08. The predicted molar refractivity (Wildman–Crippen MR) is 65.7 cm³/mol. The molecule has 0 atom stereocenters. The molecule has 0 saturated heterocycles. The molecular formula is C13H11N3O. The fourth-order valence-electron chi connectivity index (χ4n) is 1.95. The first-order valence-electron chi connectivity index (χ1n) is 5.33. The lowest BCUT2D eigenvalue weighted by atomic mass is 10.1. The van der Waals surface area contributed by atoms with Gasteiger partial charge in [-0.1, -0.05) is 12.1 Å². The number of aromatic hydroxyl groups is 1. The number of aromatic nitrogens is 3. The van der Waals surface area contributed by atoms with Gasteiger partial charge in [-0.2, -0.15) is 0 Å². The highest BCUT2D eigenvalue weighted by atomic mass is 16.3. The van der Waals surface area contributed by atoms with E-state index in [0.29, 0.717) is 5.69 Å². The van der Waals surface area contributed by atoms with Gasteiger partial charge >= 0.3 is 0 Å². The lowest BCUT2D eigenvalue weighted by molar-refractivity contribution is 0.452. The van der Waals surface area contributed by atoms with Gasteiger partial charge in [0, 0.05) is 28.7 Å². The average molecular weight is 225 g/mol. The number of nitrogens with zero attached hydrogens (tertiary/aromatic N) is 2. The van der Waals surface area contributed by atoms with Crippen LogP contribution in [-0.4, -0.2) is 20.1 Å². The third-order valence-corrected chi connectivity index (χ3v) is 2.77. The number of aromatic amines is 1.